The van der Waals surface area contributed by atoms with Crippen molar-refractivity contribution in [3.8, 4) is 0 Å². The van der Waals surface area contributed by atoms with Crippen molar-refractivity contribution in [3.63, 3.8) is 0 Å². The molecule has 1 saturated heterocycles. The number of allylic oxidation sites excluding steroid dienone is 1. The van der Waals surface area contributed by atoms with Gasteiger partial charge < -0.3 is 20.9 Å². The summed E-state index contributed by atoms with van der Waals surface area (Å²) in [5.74, 6) is -2.32. The SMILES string of the molecule is N=C/C(=C(/Cl)C(=O)Nc1cc(F)cc(F)c1)N1CCNCC1. The van der Waals surface area contributed by atoms with E-state index in [1.54, 1.807) is 4.90 Å². The Balaban J connectivity index is 2.18. The average molecular weight is 329 g/mol. The van der Waals surface area contributed by atoms with E-state index in [0.29, 0.717) is 19.2 Å². The van der Waals surface area contributed by atoms with Gasteiger partial charge in [0.25, 0.3) is 5.91 Å². The zero-order valence-corrected chi connectivity index (χ0v) is 12.4. The van der Waals surface area contributed by atoms with E-state index in [9.17, 15) is 13.6 Å². The first-order valence-electron chi connectivity index (χ1n) is 6.64. The largest absolute Gasteiger partial charge is 0.366 e. The van der Waals surface area contributed by atoms with Crippen LogP contribution in [-0.2, 0) is 4.79 Å². The molecule has 0 spiro atoms. The lowest BCUT2D eigenvalue weighted by atomic mass is 10.2. The molecule has 1 amide bonds. The van der Waals surface area contributed by atoms with Crippen molar-refractivity contribution in [2.75, 3.05) is 31.5 Å². The minimum Gasteiger partial charge on any atom is -0.366 e. The molecule has 1 aromatic carbocycles. The molecular weight excluding hydrogens is 314 g/mol. The third kappa shape index (κ3) is 4.02. The molecule has 0 aliphatic carbocycles. The molecule has 3 N–H and O–H groups in total. The van der Waals surface area contributed by atoms with Crippen molar-refractivity contribution in [1.29, 1.82) is 5.41 Å². The van der Waals surface area contributed by atoms with Crippen LogP contribution in [0.3, 0.4) is 0 Å². The summed E-state index contributed by atoms with van der Waals surface area (Å²) in [6.07, 6.45) is 0.999. The molecule has 1 aliphatic heterocycles. The smallest absolute Gasteiger partial charge is 0.269 e. The van der Waals surface area contributed by atoms with E-state index in [1.807, 2.05) is 0 Å². The molecule has 1 aromatic rings. The number of hydrogen-bond acceptors (Lipinski definition) is 4. The number of rotatable bonds is 4. The van der Waals surface area contributed by atoms with Crippen LogP contribution in [0, 0.1) is 17.0 Å². The molecule has 118 valence electrons. The van der Waals surface area contributed by atoms with Crippen molar-refractivity contribution < 1.29 is 13.6 Å². The number of benzene rings is 1. The van der Waals surface area contributed by atoms with Crippen LogP contribution in [0.5, 0.6) is 0 Å². The Labute approximate surface area is 131 Å². The summed E-state index contributed by atoms with van der Waals surface area (Å²) < 4.78 is 26.2. The summed E-state index contributed by atoms with van der Waals surface area (Å²) in [6, 6.07) is 2.68. The first kappa shape index (κ1) is 16.4. The normalized spacial score (nSPS) is 16.0. The van der Waals surface area contributed by atoms with E-state index < -0.39 is 17.5 Å². The number of halogens is 3. The quantitative estimate of drug-likeness (QED) is 0.584. The molecule has 5 nitrogen and oxygen atoms in total. The maximum Gasteiger partial charge on any atom is 0.269 e. The molecule has 0 unspecified atom stereocenters. The Hall–Kier alpha value is -1.99. The van der Waals surface area contributed by atoms with E-state index in [0.717, 1.165) is 31.4 Å². The van der Waals surface area contributed by atoms with Crippen LogP contribution >= 0.6 is 11.6 Å². The molecule has 1 fully saturated rings. The summed E-state index contributed by atoms with van der Waals surface area (Å²) in [4.78, 5) is 13.9. The maximum atomic E-state index is 13.1. The number of carbonyl (C=O) groups excluding carboxylic acids is 1. The molecule has 1 heterocycles. The second-order valence-corrected chi connectivity index (χ2v) is 5.07. The van der Waals surface area contributed by atoms with Gasteiger partial charge in [-0.15, -0.1) is 0 Å². The Kier molecular flexibility index (Phi) is 5.46. The van der Waals surface area contributed by atoms with Crippen LogP contribution in [0.1, 0.15) is 0 Å². The number of hydrogen-bond donors (Lipinski definition) is 3. The third-order valence-corrected chi connectivity index (χ3v) is 3.50. The summed E-state index contributed by atoms with van der Waals surface area (Å²) in [7, 11) is 0. The maximum absolute atomic E-state index is 13.1. The van der Waals surface area contributed by atoms with Crippen LogP contribution < -0.4 is 10.6 Å². The number of carbonyl (C=O) groups is 1. The minimum absolute atomic E-state index is 0.0368. The van der Waals surface area contributed by atoms with Crippen LogP contribution in [-0.4, -0.2) is 43.2 Å². The minimum atomic E-state index is -0.801. The molecule has 0 aromatic heterocycles. The zero-order valence-electron chi connectivity index (χ0n) is 11.6. The van der Waals surface area contributed by atoms with Gasteiger partial charge in [0.2, 0.25) is 0 Å². The Morgan fingerprint density at radius 2 is 1.86 bits per heavy atom. The standard InChI is InChI=1S/C14H15ClF2N4O/c15-13(12(8-18)21-3-1-19-2-4-21)14(22)20-11-6-9(16)5-10(17)7-11/h5-8,18-19H,1-4H2,(H,20,22)/b13-12-,18-8?. The van der Waals surface area contributed by atoms with Crippen LogP contribution in [0.15, 0.2) is 28.9 Å². The van der Waals surface area contributed by atoms with Crippen molar-refractivity contribution in [2.45, 2.75) is 0 Å². The highest BCUT2D eigenvalue weighted by Crippen LogP contribution is 2.18. The number of anilines is 1. The average Bonchev–Trinajstić information content (AvgIpc) is 2.47. The van der Waals surface area contributed by atoms with Gasteiger partial charge in [-0.2, -0.15) is 0 Å². The molecule has 0 saturated carbocycles. The number of amides is 1. The van der Waals surface area contributed by atoms with Crippen molar-refractivity contribution in [2.24, 2.45) is 0 Å². The van der Waals surface area contributed by atoms with Crippen molar-refractivity contribution >= 4 is 29.4 Å². The van der Waals surface area contributed by atoms with Gasteiger partial charge in [0.05, 0.1) is 5.70 Å². The lowest BCUT2D eigenvalue weighted by molar-refractivity contribution is -0.112. The number of nitrogens with one attached hydrogen (secondary N) is 3. The Morgan fingerprint density at radius 1 is 1.27 bits per heavy atom. The summed E-state index contributed by atoms with van der Waals surface area (Å²) in [5, 5.41) is 12.7. The molecule has 2 rings (SSSR count). The van der Waals surface area contributed by atoms with E-state index in [4.69, 9.17) is 17.0 Å². The third-order valence-electron chi connectivity index (χ3n) is 3.14. The molecule has 0 atom stereocenters. The first-order chi connectivity index (χ1) is 10.5. The summed E-state index contributed by atoms with van der Waals surface area (Å²) >= 11 is 6.03. The topological polar surface area (TPSA) is 68.2 Å². The lowest BCUT2D eigenvalue weighted by Crippen LogP contribution is -2.43. The summed E-state index contributed by atoms with van der Waals surface area (Å²) in [6.45, 7) is 2.67. The molecule has 1 aliphatic rings. The van der Waals surface area contributed by atoms with Gasteiger partial charge in [-0.25, -0.2) is 8.78 Å². The molecule has 8 heteroatoms. The van der Waals surface area contributed by atoms with E-state index in [1.165, 1.54) is 0 Å². The monoisotopic (exact) mass is 328 g/mol. The van der Waals surface area contributed by atoms with E-state index >= 15 is 0 Å². The molecule has 0 radical (unpaired) electrons. The van der Waals surface area contributed by atoms with Crippen LogP contribution in [0.4, 0.5) is 14.5 Å². The highest BCUT2D eigenvalue weighted by atomic mass is 35.5. The molecule has 0 bridgehead atoms. The van der Waals surface area contributed by atoms with Gasteiger partial charge in [-0.1, -0.05) is 11.6 Å². The lowest BCUT2D eigenvalue weighted by Gasteiger charge is -2.30. The number of nitrogens with zero attached hydrogens (tertiary/aromatic N) is 1. The van der Waals surface area contributed by atoms with Crippen molar-refractivity contribution in [1.82, 2.24) is 10.2 Å². The van der Waals surface area contributed by atoms with Gasteiger partial charge in [-0.3, -0.25) is 4.79 Å². The predicted molar refractivity (Wildman–Crippen MR) is 81.1 cm³/mol. The second-order valence-electron chi connectivity index (χ2n) is 4.69. The van der Waals surface area contributed by atoms with Gasteiger partial charge in [0.1, 0.15) is 16.7 Å². The fourth-order valence-corrected chi connectivity index (χ4v) is 2.35. The fourth-order valence-electron chi connectivity index (χ4n) is 2.13. The van der Waals surface area contributed by atoms with Gasteiger partial charge in [-0.05, 0) is 12.1 Å². The van der Waals surface area contributed by atoms with Crippen LogP contribution in [0.25, 0.3) is 0 Å². The van der Waals surface area contributed by atoms with Crippen LogP contribution in [0.2, 0.25) is 0 Å². The Bertz CT molecular complexity index is 595. The van der Waals surface area contributed by atoms with Gasteiger partial charge in [0, 0.05) is 44.1 Å². The highest BCUT2D eigenvalue weighted by molar-refractivity contribution is 6.45. The first-order valence-corrected chi connectivity index (χ1v) is 7.02. The predicted octanol–water partition coefficient (Wildman–Crippen LogP) is 1.91. The number of piperazine rings is 1. The van der Waals surface area contributed by atoms with E-state index in [2.05, 4.69) is 10.6 Å². The molecule has 22 heavy (non-hydrogen) atoms. The van der Waals surface area contributed by atoms with Gasteiger partial charge in [0.15, 0.2) is 0 Å². The highest BCUT2D eigenvalue weighted by Gasteiger charge is 2.19. The fraction of sp³-hybridized carbons (Fsp3) is 0.286. The van der Waals surface area contributed by atoms with E-state index in [-0.39, 0.29) is 16.4 Å². The summed E-state index contributed by atoms with van der Waals surface area (Å²) in [5.41, 5.74) is 0.239. The van der Waals surface area contributed by atoms with Crippen molar-refractivity contribution in [3.05, 3.63) is 40.6 Å². The second kappa shape index (κ2) is 7.33. The van der Waals surface area contributed by atoms with Gasteiger partial charge >= 0.3 is 0 Å². The Morgan fingerprint density at radius 3 is 2.41 bits per heavy atom. The molecular formula is C14H15ClF2N4O. The zero-order chi connectivity index (χ0) is 16.1.